The Kier molecular flexibility index (Phi) is 8.62. The second kappa shape index (κ2) is 12.1. The van der Waals surface area contributed by atoms with Crippen LogP contribution in [-0.2, 0) is 6.42 Å². The number of rotatable bonds is 9. The van der Waals surface area contributed by atoms with Crippen LogP contribution in [0.25, 0.3) is 10.4 Å². The molecule has 0 atom stereocenters. The Morgan fingerprint density at radius 2 is 1.69 bits per heavy atom. The van der Waals surface area contributed by atoms with Crippen LogP contribution in [0, 0.1) is 0 Å². The maximum atomic E-state index is 12.6. The number of alkyl halides is 3. The van der Waals surface area contributed by atoms with Gasteiger partial charge in [0.15, 0.2) is 0 Å². The smallest absolute Gasteiger partial charge is 0.506 e. The predicted molar refractivity (Wildman–Crippen MR) is 142 cm³/mol. The molecule has 0 aliphatic carbocycles. The minimum Gasteiger partial charge on any atom is -0.506 e. The Bertz CT molecular complexity index is 1480. The summed E-state index contributed by atoms with van der Waals surface area (Å²) in [6.07, 6.45) is -0.780. The number of amides is 2. The van der Waals surface area contributed by atoms with Gasteiger partial charge in [0.2, 0.25) is 0 Å². The molecule has 4 aromatic rings. The fraction of sp³-hybridized carbons (Fsp3) is 0.154. The number of aromatic nitrogens is 1. The first kappa shape index (κ1) is 27.8. The van der Waals surface area contributed by atoms with Crippen LogP contribution in [0.1, 0.15) is 37.4 Å². The quantitative estimate of drug-likeness (QED) is 0.178. The first-order valence-corrected chi connectivity index (χ1v) is 13.1. The zero-order valence-electron chi connectivity index (χ0n) is 20.3. The van der Waals surface area contributed by atoms with Gasteiger partial charge in [0, 0.05) is 24.3 Å². The van der Waals surface area contributed by atoms with E-state index in [2.05, 4.69) is 25.6 Å². The van der Waals surface area contributed by atoms with E-state index in [-0.39, 0.29) is 22.3 Å². The van der Waals surface area contributed by atoms with E-state index in [1.54, 1.807) is 30.8 Å². The van der Waals surface area contributed by atoms with Crippen molar-refractivity contribution in [1.29, 1.82) is 0 Å². The van der Waals surface area contributed by atoms with Crippen LogP contribution < -0.4 is 15.5 Å². The molecule has 2 amide bonds. The number of carbonyl (C=O) groups excluding carboxylic acids is 2. The highest BCUT2D eigenvalue weighted by Crippen LogP contribution is 2.39. The molecule has 3 aromatic heterocycles. The minimum absolute atomic E-state index is 0.123. The molecule has 0 aliphatic rings. The summed E-state index contributed by atoms with van der Waals surface area (Å²) in [4.78, 5) is 30.0. The monoisotopic (exact) mass is 574 g/mol. The summed E-state index contributed by atoms with van der Waals surface area (Å²) in [6.45, 7) is 2.02. The first-order valence-electron chi connectivity index (χ1n) is 11.4. The molecule has 0 fully saturated rings. The molecule has 3 heterocycles. The number of hydrogen-bond acceptors (Lipinski definition) is 8. The number of halogens is 3. The molecule has 1 aromatic carbocycles. The predicted octanol–water partition coefficient (Wildman–Crippen LogP) is 5.60. The Labute approximate surface area is 228 Å². The maximum absolute atomic E-state index is 12.6. The number of hydrazone groups is 1. The Balaban J connectivity index is 1.34. The molecule has 4 rings (SSSR count). The van der Waals surface area contributed by atoms with Gasteiger partial charge < -0.3 is 15.2 Å². The number of nitrogens with zero attached hydrogens (tertiary/aromatic N) is 2. The van der Waals surface area contributed by atoms with Gasteiger partial charge >= 0.3 is 6.36 Å². The minimum atomic E-state index is -4.80. The molecule has 13 heteroatoms. The molecule has 8 nitrogen and oxygen atoms in total. The molecule has 39 heavy (non-hydrogen) atoms. The van der Waals surface area contributed by atoms with Gasteiger partial charge in [0.05, 0.1) is 25.9 Å². The highest BCUT2D eigenvalue weighted by Gasteiger charge is 2.31. The number of aromatic hydroxyl groups is 1. The van der Waals surface area contributed by atoms with E-state index in [4.69, 9.17) is 0 Å². The van der Waals surface area contributed by atoms with Crippen molar-refractivity contribution in [2.75, 3.05) is 6.54 Å². The van der Waals surface area contributed by atoms with E-state index in [1.165, 1.54) is 29.5 Å². The third kappa shape index (κ3) is 7.42. The number of nitrogens with one attached hydrogen (secondary N) is 2. The molecule has 0 radical (unpaired) electrons. The molecular weight excluding hydrogens is 553 g/mol. The molecule has 0 unspecified atom stereocenters. The Hall–Kier alpha value is -4.23. The van der Waals surface area contributed by atoms with E-state index in [0.717, 1.165) is 29.0 Å². The van der Waals surface area contributed by atoms with Crippen molar-refractivity contribution in [3.8, 4) is 21.9 Å². The standard InChI is InChI=1S/C26H21F3N4O4S2/c1-15(19-14-38-23(22(19)34)17-2-4-18(5-3-17)37-26(27,28)29)32-33-25(36)21-7-6-20(39-21)24(35)31-13-10-16-8-11-30-12-9-16/h2-9,11-12,14,34H,10,13H2,1H3,(H,31,35)(H,33,36)/b32-15+. The largest absolute Gasteiger partial charge is 0.573 e. The van der Waals surface area contributed by atoms with Gasteiger partial charge in [-0.15, -0.1) is 35.8 Å². The SMILES string of the molecule is C/C(=N\NC(=O)c1ccc(C(=O)NCCc2ccncc2)s1)c1csc(-c2ccc(OC(F)(F)F)cc2)c1O. The first-order chi connectivity index (χ1) is 18.6. The number of pyridine rings is 1. The van der Waals surface area contributed by atoms with Gasteiger partial charge in [-0.25, -0.2) is 5.43 Å². The van der Waals surface area contributed by atoms with Crippen molar-refractivity contribution >= 4 is 40.2 Å². The Morgan fingerprint density at radius 1 is 1.03 bits per heavy atom. The van der Waals surface area contributed by atoms with Crippen molar-refractivity contribution in [1.82, 2.24) is 15.7 Å². The second-order valence-corrected chi connectivity index (χ2v) is 10.0. The highest BCUT2D eigenvalue weighted by molar-refractivity contribution is 7.16. The van der Waals surface area contributed by atoms with Crippen molar-refractivity contribution < 1.29 is 32.6 Å². The summed E-state index contributed by atoms with van der Waals surface area (Å²) in [5, 5.41) is 19.1. The summed E-state index contributed by atoms with van der Waals surface area (Å²) in [5.74, 6) is -1.31. The lowest BCUT2D eigenvalue weighted by molar-refractivity contribution is -0.274. The van der Waals surface area contributed by atoms with E-state index >= 15 is 0 Å². The van der Waals surface area contributed by atoms with Crippen molar-refractivity contribution in [2.45, 2.75) is 19.7 Å². The van der Waals surface area contributed by atoms with Crippen LogP contribution in [0.2, 0.25) is 0 Å². The maximum Gasteiger partial charge on any atom is 0.573 e. The van der Waals surface area contributed by atoms with Gasteiger partial charge in [-0.1, -0.05) is 0 Å². The molecule has 0 bridgehead atoms. The normalized spacial score (nSPS) is 11.7. The van der Waals surface area contributed by atoms with Crippen molar-refractivity contribution in [3.05, 3.63) is 87.2 Å². The molecule has 0 saturated carbocycles. The van der Waals surface area contributed by atoms with Gasteiger partial charge in [-0.3, -0.25) is 14.6 Å². The topological polar surface area (TPSA) is 113 Å². The summed E-state index contributed by atoms with van der Waals surface area (Å²) in [6, 6.07) is 11.9. The molecule has 0 aliphatic heterocycles. The fourth-order valence-corrected chi connectivity index (χ4v) is 5.23. The van der Waals surface area contributed by atoms with Crippen LogP contribution >= 0.6 is 22.7 Å². The number of thiophene rings is 2. The Morgan fingerprint density at radius 3 is 2.36 bits per heavy atom. The summed E-state index contributed by atoms with van der Waals surface area (Å²) in [5.41, 5.74) is 4.61. The zero-order chi connectivity index (χ0) is 28.0. The molecule has 0 saturated heterocycles. The summed E-state index contributed by atoms with van der Waals surface area (Å²) >= 11 is 2.19. The fourth-order valence-electron chi connectivity index (χ4n) is 3.41. The van der Waals surface area contributed by atoms with E-state index in [9.17, 15) is 27.9 Å². The van der Waals surface area contributed by atoms with Gasteiger partial charge in [0.1, 0.15) is 11.5 Å². The average molecular weight is 575 g/mol. The average Bonchev–Trinajstić information content (AvgIpc) is 3.55. The van der Waals surface area contributed by atoms with Crippen LogP contribution in [0.3, 0.4) is 0 Å². The third-order valence-corrected chi connectivity index (χ3v) is 7.43. The number of ether oxygens (including phenoxy) is 1. The van der Waals surface area contributed by atoms with Crippen molar-refractivity contribution in [3.63, 3.8) is 0 Å². The van der Waals surface area contributed by atoms with Crippen LogP contribution in [0.5, 0.6) is 11.5 Å². The number of carbonyl (C=O) groups is 2. The number of benzene rings is 1. The van der Waals surface area contributed by atoms with Gasteiger partial charge in [-0.05, 0) is 73.0 Å². The van der Waals surface area contributed by atoms with E-state index in [0.29, 0.717) is 39.6 Å². The molecule has 202 valence electrons. The van der Waals surface area contributed by atoms with Crippen LogP contribution in [0.4, 0.5) is 13.2 Å². The third-order valence-electron chi connectivity index (χ3n) is 5.33. The summed E-state index contributed by atoms with van der Waals surface area (Å²) < 4.78 is 41.0. The number of hydrogen-bond donors (Lipinski definition) is 3. The second-order valence-electron chi connectivity index (χ2n) is 8.06. The molecule has 3 N–H and O–H groups in total. The highest BCUT2D eigenvalue weighted by atomic mass is 32.1. The molecule has 0 spiro atoms. The van der Waals surface area contributed by atoms with Crippen LogP contribution in [0.15, 0.2) is 71.4 Å². The van der Waals surface area contributed by atoms with Gasteiger partial charge in [0.25, 0.3) is 11.8 Å². The van der Waals surface area contributed by atoms with Crippen LogP contribution in [-0.4, -0.2) is 40.5 Å². The van der Waals surface area contributed by atoms with Gasteiger partial charge in [-0.2, -0.15) is 5.10 Å². The lowest BCUT2D eigenvalue weighted by Gasteiger charge is -2.09. The lowest BCUT2D eigenvalue weighted by atomic mass is 10.1. The summed E-state index contributed by atoms with van der Waals surface area (Å²) in [7, 11) is 0. The van der Waals surface area contributed by atoms with E-state index in [1.807, 2.05) is 12.1 Å². The van der Waals surface area contributed by atoms with Crippen molar-refractivity contribution in [2.24, 2.45) is 5.10 Å². The molecular formula is C26H21F3N4O4S2. The lowest BCUT2D eigenvalue weighted by Crippen LogP contribution is -2.24. The zero-order valence-corrected chi connectivity index (χ0v) is 21.9. The van der Waals surface area contributed by atoms with E-state index < -0.39 is 12.3 Å².